The molecule has 74 valence electrons. The van der Waals surface area contributed by atoms with Crippen molar-refractivity contribution >= 4 is 11.6 Å². The van der Waals surface area contributed by atoms with Gasteiger partial charge in [0.1, 0.15) is 11.9 Å². The number of rotatable bonds is 2. The quantitative estimate of drug-likeness (QED) is 0.510. The molecule has 1 aliphatic heterocycles. The van der Waals surface area contributed by atoms with Crippen LogP contribution in [0.3, 0.4) is 0 Å². The van der Waals surface area contributed by atoms with Crippen LogP contribution in [-0.4, -0.2) is 27.6 Å². The van der Waals surface area contributed by atoms with Crippen molar-refractivity contribution in [3.05, 3.63) is 22.0 Å². The van der Waals surface area contributed by atoms with Crippen LogP contribution in [0.1, 0.15) is 18.0 Å². The highest BCUT2D eigenvalue weighted by atomic mass is 16.6. The summed E-state index contributed by atoms with van der Waals surface area (Å²) < 4.78 is 0. The van der Waals surface area contributed by atoms with Crippen LogP contribution >= 0.6 is 0 Å². The molecule has 1 aliphatic rings. The van der Waals surface area contributed by atoms with E-state index in [1.165, 1.54) is 0 Å². The number of hydrogen-bond acceptors (Lipinski definition) is 4. The third-order valence-electron chi connectivity index (χ3n) is 2.23. The van der Waals surface area contributed by atoms with Gasteiger partial charge in [0.25, 0.3) is 0 Å². The van der Waals surface area contributed by atoms with E-state index in [0.29, 0.717) is 12.2 Å². The Labute approximate surface area is 78.6 Å². The van der Waals surface area contributed by atoms with Crippen LogP contribution in [0.5, 0.6) is 0 Å². The van der Waals surface area contributed by atoms with Gasteiger partial charge in [0.2, 0.25) is 5.91 Å². The molecule has 0 saturated carbocycles. The Morgan fingerprint density at radius 1 is 1.64 bits per heavy atom. The zero-order chi connectivity index (χ0) is 10.1. The lowest BCUT2D eigenvalue weighted by molar-refractivity contribution is -0.385. The van der Waals surface area contributed by atoms with Crippen LogP contribution < -0.4 is 5.32 Å². The van der Waals surface area contributed by atoms with E-state index in [4.69, 9.17) is 0 Å². The van der Waals surface area contributed by atoms with E-state index in [9.17, 15) is 14.9 Å². The first-order chi connectivity index (χ1) is 6.68. The van der Waals surface area contributed by atoms with Gasteiger partial charge in [-0.25, -0.2) is 0 Å². The van der Waals surface area contributed by atoms with Crippen molar-refractivity contribution in [1.29, 1.82) is 0 Å². The number of carbonyl (C=O) groups is 1. The maximum absolute atomic E-state index is 10.9. The first kappa shape index (κ1) is 8.67. The van der Waals surface area contributed by atoms with Gasteiger partial charge >= 0.3 is 5.69 Å². The van der Waals surface area contributed by atoms with Crippen molar-refractivity contribution in [3.63, 3.8) is 0 Å². The summed E-state index contributed by atoms with van der Waals surface area (Å²) in [6.45, 7) is 0.432. The molecule has 7 nitrogen and oxygen atoms in total. The second-order valence-electron chi connectivity index (χ2n) is 3.13. The van der Waals surface area contributed by atoms with Crippen molar-refractivity contribution in [2.75, 3.05) is 6.54 Å². The van der Waals surface area contributed by atoms with Crippen molar-refractivity contribution in [3.8, 4) is 0 Å². The minimum Gasteiger partial charge on any atom is -0.355 e. The highest BCUT2D eigenvalue weighted by Gasteiger charge is 2.30. The van der Waals surface area contributed by atoms with E-state index in [2.05, 4.69) is 15.5 Å². The molecule has 14 heavy (non-hydrogen) atoms. The lowest BCUT2D eigenvalue weighted by atomic mass is 10.0. The van der Waals surface area contributed by atoms with Crippen LogP contribution in [0.15, 0.2) is 6.20 Å². The molecule has 1 fully saturated rings. The standard InChI is InChI=1S/C7H8N4O3/c12-6-1-4(2-8-6)7-5(11(13)14)3-9-10-7/h3-4H,1-2H2,(H,8,12)(H,9,10). The molecule has 0 aliphatic carbocycles. The first-order valence-corrected chi connectivity index (χ1v) is 4.13. The number of aromatic amines is 1. The number of nitrogens with one attached hydrogen (secondary N) is 2. The molecule has 2 N–H and O–H groups in total. The van der Waals surface area contributed by atoms with Crippen LogP contribution in [0.2, 0.25) is 0 Å². The second kappa shape index (κ2) is 3.09. The molecule has 1 saturated heterocycles. The molecular formula is C7H8N4O3. The van der Waals surface area contributed by atoms with Crippen molar-refractivity contribution < 1.29 is 9.72 Å². The predicted octanol–water partition coefficient (Wildman–Crippen LogP) is -0.0786. The Morgan fingerprint density at radius 2 is 2.43 bits per heavy atom. The summed E-state index contributed by atoms with van der Waals surface area (Å²) in [5.41, 5.74) is 0.375. The number of carbonyl (C=O) groups excluding carboxylic acids is 1. The number of nitrogens with zero attached hydrogens (tertiary/aromatic N) is 2. The summed E-state index contributed by atoms with van der Waals surface area (Å²) in [5, 5.41) is 19.3. The summed E-state index contributed by atoms with van der Waals surface area (Å²) in [5.74, 6) is -0.246. The minimum absolute atomic E-state index is 0.0495. The van der Waals surface area contributed by atoms with E-state index < -0.39 is 4.92 Å². The van der Waals surface area contributed by atoms with Gasteiger partial charge in [0.15, 0.2) is 0 Å². The third-order valence-corrected chi connectivity index (χ3v) is 2.23. The summed E-state index contributed by atoms with van der Waals surface area (Å²) in [6, 6.07) is 0. The molecule has 1 amide bonds. The average Bonchev–Trinajstić information content (AvgIpc) is 2.70. The summed E-state index contributed by atoms with van der Waals surface area (Å²) in [4.78, 5) is 21.0. The second-order valence-corrected chi connectivity index (χ2v) is 3.13. The monoisotopic (exact) mass is 196 g/mol. The van der Waals surface area contributed by atoms with Crippen LogP contribution in [-0.2, 0) is 4.79 Å². The number of aromatic nitrogens is 2. The van der Waals surface area contributed by atoms with Crippen LogP contribution in [0, 0.1) is 10.1 Å². The molecule has 2 heterocycles. The Kier molecular flexibility index (Phi) is 1.91. The third kappa shape index (κ3) is 1.32. The van der Waals surface area contributed by atoms with Gasteiger partial charge in [-0.15, -0.1) is 0 Å². The molecule has 7 heteroatoms. The van der Waals surface area contributed by atoms with E-state index >= 15 is 0 Å². The Balaban J connectivity index is 2.28. The van der Waals surface area contributed by atoms with E-state index in [1.807, 2.05) is 0 Å². The van der Waals surface area contributed by atoms with Gasteiger partial charge in [-0.05, 0) is 0 Å². The number of nitro groups is 1. The SMILES string of the molecule is O=C1CC(c2[nH]ncc2[N+](=O)[O-])CN1. The highest BCUT2D eigenvalue weighted by molar-refractivity contribution is 5.79. The Morgan fingerprint density at radius 3 is 3.00 bits per heavy atom. The molecule has 1 atom stereocenters. The highest BCUT2D eigenvalue weighted by Crippen LogP contribution is 2.28. The summed E-state index contributed by atoms with van der Waals surface area (Å²) in [7, 11) is 0. The average molecular weight is 196 g/mol. The molecule has 1 unspecified atom stereocenters. The molecule has 0 bridgehead atoms. The summed E-state index contributed by atoms with van der Waals surface area (Å²) in [6.07, 6.45) is 1.45. The zero-order valence-electron chi connectivity index (χ0n) is 7.19. The normalized spacial score (nSPS) is 20.9. The van der Waals surface area contributed by atoms with Gasteiger partial charge < -0.3 is 5.32 Å². The predicted molar refractivity (Wildman–Crippen MR) is 45.6 cm³/mol. The topological polar surface area (TPSA) is 101 Å². The van der Waals surface area contributed by atoms with Gasteiger partial charge in [-0.2, -0.15) is 5.10 Å². The lowest BCUT2D eigenvalue weighted by Crippen LogP contribution is -2.13. The number of H-pyrrole nitrogens is 1. The Hall–Kier alpha value is -1.92. The van der Waals surface area contributed by atoms with E-state index in [0.717, 1.165) is 6.20 Å². The fraction of sp³-hybridized carbons (Fsp3) is 0.429. The number of amides is 1. The van der Waals surface area contributed by atoms with Crippen molar-refractivity contribution in [2.45, 2.75) is 12.3 Å². The van der Waals surface area contributed by atoms with Gasteiger partial charge in [0.05, 0.1) is 4.92 Å². The summed E-state index contributed by atoms with van der Waals surface area (Å²) >= 11 is 0. The van der Waals surface area contributed by atoms with Gasteiger partial charge in [-0.1, -0.05) is 0 Å². The smallest absolute Gasteiger partial charge is 0.310 e. The lowest BCUT2D eigenvalue weighted by Gasteiger charge is -2.01. The van der Waals surface area contributed by atoms with E-state index in [-0.39, 0.29) is 23.9 Å². The number of hydrogen-bond donors (Lipinski definition) is 2. The van der Waals surface area contributed by atoms with Gasteiger partial charge in [0, 0.05) is 18.9 Å². The fourth-order valence-corrected chi connectivity index (χ4v) is 1.54. The maximum atomic E-state index is 10.9. The molecule has 0 aromatic carbocycles. The van der Waals surface area contributed by atoms with Crippen molar-refractivity contribution in [1.82, 2.24) is 15.5 Å². The van der Waals surface area contributed by atoms with Crippen LogP contribution in [0.4, 0.5) is 5.69 Å². The minimum atomic E-state index is -0.498. The largest absolute Gasteiger partial charge is 0.355 e. The maximum Gasteiger partial charge on any atom is 0.310 e. The van der Waals surface area contributed by atoms with Crippen LogP contribution in [0.25, 0.3) is 0 Å². The Bertz CT molecular complexity index is 386. The molecule has 1 aromatic heterocycles. The fourth-order valence-electron chi connectivity index (χ4n) is 1.54. The van der Waals surface area contributed by atoms with E-state index in [1.54, 1.807) is 0 Å². The molecule has 1 aromatic rings. The van der Waals surface area contributed by atoms with Crippen molar-refractivity contribution in [2.24, 2.45) is 0 Å². The van der Waals surface area contributed by atoms with Gasteiger partial charge in [-0.3, -0.25) is 20.0 Å². The molecular weight excluding hydrogens is 188 g/mol. The zero-order valence-corrected chi connectivity index (χ0v) is 7.19. The molecule has 0 radical (unpaired) electrons. The molecule has 2 rings (SSSR count). The molecule has 0 spiro atoms. The first-order valence-electron chi connectivity index (χ1n) is 4.13.